The van der Waals surface area contributed by atoms with E-state index in [2.05, 4.69) is 31.2 Å². The minimum absolute atomic E-state index is 0.107. The Morgan fingerprint density at radius 1 is 1.27 bits per heavy atom. The second-order valence-electron chi connectivity index (χ2n) is 7.79. The lowest BCUT2D eigenvalue weighted by Crippen LogP contribution is -2.45. The molecule has 0 spiro atoms. The molecule has 4 rings (SSSR count). The molecule has 33 heavy (non-hydrogen) atoms. The lowest BCUT2D eigenvalue weighted by molar-refractivity contribution is -0.141. The summed E-state index contributed by atoms with van der Waals surface area (Å²) in [6, 6.07) is 8.50. The zero-order chi connectivity index (χ0) is 23.5. The normalized spacial score (nSPS) is 15.4. The molecular weight excluding hydrogens is 495 g/mol. The Balaban J connectivity index is 1.56. The van der Waals surface area contributed by atoms with Crippen molar-refractivity contribution in [2.75, 3.05) is 25.5 Å². The molecule has 0 unspecified atom stereocenters. The molecule has 0 bridgehead atoms. The van der Waals surface area contributed by atoms with Crippen molar-refractivity contribution in [3.8, 4) is 11.5 Å². The number of nitrogens with zero attached hydrogens (tertiary/aromatic N) is 3. The van der Waals surface area contributed by atoms with Crippen molar-refractivity contribution in [3.05, 3.63) is 46.9 Å². The van der Waals surface area contributed by atoms with Crippen LogP contribution in [0, 0.1) is 5.82 Å². The van der Waals surface area contributed by atoms with Gasteiger partial charge in [0.05, 0.1) is 22.8 Å². The molecule has 0 radical (unpaired) electrons. The van der Waals surface area contributed by atoms with Crippen LogP contribution in [0.3, 0.4) is 0 Å². The van der Waals surface area contributed by atoms with E-state index in [1.54, 1.807) is 42.3 Å². The summed E-state index contributed by atoms with van der Waals surface area (Å²) in [5.41, 5.74) is 0.891. The summed E-state index contributed by atoms with van der Waals surface area (Å²) < 4.78 is 26.5. The molecule has 2 aromatic carbocycles. The highest BCUT2D eigenvalue weighted by molar-refractivity contribution is 9.10. The van der Waals surface area contributed by atoms with Crippen LogP contribution in [0.4, 0.5) is 15.9 Å². The van der Waals surface area contributed by atoms with E-state index >= 15 is 0 Å². The Morgan fingerprint density at radius 2 is 2.03 bits per heavy atom. The van der Waals surface area contributed by atoms with Gasteiger partial charge >= 0.3 is 0 Å². The van der Waals surface area contributed by atoms with Gasteiger partial charge < -0.3 is 24.8 Å². The molecule has 3 aromatic rings. The number of aromatic nitrogens is 2. The predicted molar refractivity (Wildman–Crippen MR) is 125 cm³/mol. The molecule has 0 aliphatic carbocycles. The first kappa shape index (κ1) is 23.2. The van der Waals surface area contributed by atoms with E-state index in [1.807, 2.05) is 0 Å². The van der Waals surface area contributed by atoms with Crippen LogP contribution < -0.4 is 14.8 Å². The fraction of sp³-hybridized carbons (Fsp3) is 0.348. The van der Waals surface area contributed by atoms with Gasteiger partial charge in [-0.05, 0) is 41.1 Å². The van der Waals surface area contributed by atoms with Crippen molar-refractivity contribution in [1.82, 2.24) is 14.9 Å². The van der Waals surface area contributed by atoms with E-state index in [-0.39, 0.29) is 17.7 Å². The van der Waals surface area contributed by atoms with Crippen LogP contribution in [0.15, 0.2) is 41.1 Å². The van der Waals surface area contributed by atoms with E-state index in [9.17, 15) is 14.3 Å². The number of hydrogen-bond acceptors (Lipinski definition) is 7. The summed E-state index contributed by atoms with van der Waals surface area (Å²) in [6.45, 7) is 2.50. The summed E-state index contributed by atoms with van der Waals surface area (Å²) in [5, 5.41) is 13.2. The first-order chi connectivity index (χ1) is 15.9. The molecule has 174 valence electrons. The maximum absolute atomic E-state index is 14.4. The van der Waals surface area contributed by atoms with Crippen molar-refractivity contribution in [2.45, 2.75) is 32.0 Å². The van der Waals surface area contributed by atoms with Gasteiger partial charge in [-0.2, -0.15) is 0 Å². The van der Waals surface area contributed by atoms with Crippen LogP contribution in [0.2, 0.25) is 0 Å². The van der Waals surface area contributed by atoms with E-state index in [0.717, 1.165) is 0 Å². The van der Waals surface area contributed by atoms with E-state index < -0.39 is 11.9 Å². The molecule has 1 amide bonds. The van der Waals surface area contributed by atoms with Gasteiger partial charge in [-0.25, -0.2) is 14.4 Å². The predicted octanol–water partition coefficient (Wildman–Crippen LogP) is 4.03. The van der Waals surface area contributed by atoms with Crippen LogP contribution in [0.5, 0.6) is 11.5 Å². The molecule has 1 aromatic heterocycles. The fourth-order valence-corrected chi connectivity index (χ4v) is 4.15. The number of methoxy groups -OCH3 is 1. The smallest absolute Gasteiger partial charge is 0.251 e. The molecule has 0 saturated carbocycles. The van der Waals surface area contributed by atoms with Gasteiger partial charge in [-0.3, -0.25) is 4.79 Å². The van der Waals surface area contributed by atoms with Crippen molar-refractivity contribution in [1.29, 1.82) is 0 Å². The SMILES string of the molecule is COc1cc2c(Nc3cccc(Br)c3F)ncnc2cc1OC1CCN(C(=O)[C@H](C)O)CC1. The van der Waals surface area contributed by atoms with Gasteiger partial charge in [0, 0.05) is 37.4 Å². The van der Waals surface area contributed by atoms with Gasteiger partial charge in [0.1, 0.15) is 24.4 Å². The molecule has 1 aliphatic heterocycles. The second-order valence-corrected chi connectivity index (χ2v) is 8.64. The highest BCUT2D eigenvalue weighted by Gasteiger charge is 2.27. The number of carbonyl (C=O) groups excluding carboxylic acids is 1. The quantitative estimate of drug-likeness (QED) is 0.508. The Morgan fingerprint density at radius 3 is 2.73 bits per heavy atom. The average Bonchev–Trinajstić information content (AvgIpc) is 2.81. The third kappa shape index (κ3) is 5.01. The number of rotatable bonds is 6. The zero-order valence-corrected chi connectivity index (χ0v) is 19.8. The van der Waals surface area contributed by atoms with Gasteiger partial charge in [0.2, 0.25) is 0 Å². The zero-order valence-electron chi connectivity index (χ0n) is 18.2. The number of anilines is 2. The van der Waals surface area contributed by atoms with E-state index in [1.165, 1.54) is 13.3 Å². The maximum atomic E-state index is 14.4. The minimum Gasteiger partial charge on any atom is -0.493 e. The molecule has 10 heteroatoms. The first-order valence-corrected chi connectivity index (χ1v) is 11.3. The summed E-state index contributed by atoms with van der Waals surface area (Å²) in [4.78, 5) is 22.2. The molecular formula is C23H24BrFN4O4. The Bertz CT molecular complexity index is 1170. The summed E-state index contributed by atoms with van der Waals surface area (Å²) in [6.07, 6.45) is 1.56. The van der Waals surface area contributed by atoms with Crippen LogP contribution in [0.25, 0.3) is 10.9 Å². The van der Waals surface area contributed by atoms with E-state index in [0.29, 0.717) is 58.6 Å². The third-order valence-electron chi connectivity index (χ3n) is 5.53. The topological polar surface area (TPSA) is 96.8 Å². The Hall–Kier alpha value is -2.98. The monoisotopic (exact) mass is 518 g/mol. The fourth-order valence-electron chi connectivity index (χ4n) is 3.78. The summed E-state index contributed by atoms with van der Waals surface area (Å²) in [5.74, 6) is 0.778. The molecule has 1 aliphatic rings. The minimum atomic E-state index is -1.00. The molecule has 1 atom stereocenters. The highest BCUT2D eigenvalue weighted by Crippen LogP contribution is 2.36. The number of nitrogens with one attached hydrogen (secondary N) is 1. The van der Waals surface area contributed by atoms with Crippen molar-refractivity contribution in [2.24, 2.45) is 0 Å². The Kier molecular flexibility index (Phi) is 6.94. The number of ether oxygens (including phenoxy) is 2. The van der Waals surface area contributed by atoms with Crippen molar-refractivity contribution < 1.29 is 23.8 Å². The standard InChI is InChI=1S/C23H24BrFN4O4/c1-13(30)23(31)29-8-6-14(7-9-29)33-20-11-18-15(10-19(20)32-2)22(27-12-26-18)28-17-5-3-4-16(24)21(17)25/h3-5,10-14,30H,6-9H2,1-2H3,(H,26,27,28)/t13-/m0/s1. The molecule has 8 nitrogen and oxygen atoms in total. The van der Waals surface area contributed by atoms with Gasteiger partial charge in [0.15, 0.2) is 17.3 Å². The number of aliphatic hydroxyl groups excluding tert-OH is 1. The van der Waals surface area contributed by atoms with E-state index in [4.69, 9.17) is 9.47 Å². The first-order valence-electron chi connectivity index (χ1n) is 10.5. The van der Waals surface area contributed by atoms with Crippen LogP contribution >= 0.6 is 15.9 Å². The number of aliphatic hydroxyl groups is 1. The molecule has 1 saturated heterocycles. The number of piperidine rings is 1. The van der Waals surface area contributed by atoms with Gasteiger partial charge in [-0.15, -0.1) is 0 Å². The molecule has 2 N–H and O–H groups in total. The lowest BCUT2D eigenvalue weighted by Gasteiger charge is -2.33. The van der Waals surface area contributed by atoms with Crippen LogP contribution in [0.1, 0.15) is 19.8 Å². The summed E-state index contributed by atoms with van der Waals surface area (Å²) >= 11 is 3.19. The average molecular weight is 519 g/mol. The number of carbonyl (C=O) groups is 1. The number of likely N-dealkylation sites (tertiary alicyclic amines) is 1. The van der Waals surface area contributed by atoms with Gasteiger partial charge in [-0.1, -0.05) is 6.07 Å². The summed E-state index contributed by atoms with van der Waals surface area (Å²) in [7, 11) is 1.54. The van der Waals surface area contributed by atoms with Crippen molar-refractivity contribution in [3.63, 3.8) is 0 Å². The maximum Gasteiger partial charge on any atom is 0.251 e. The van der Waals surface area contributed by atoms with Gasteiger partial charge in [0.25, 0.3) is 5.91 Å². The number of hydrogen-bond donors (Lipinski definition) is 2. The lowest BCUT2D eigenvalue weighted by atomic mass is 10.1. The number of halogens is 2. The Labute approximate surface area is 198 Å². The van der Waals surface area contributed by atoms with Crippen molar-refractivity contribution >= 4 is 44.2 Å². The molecule has 2 heterocycles. The number of benzene rings is 2. The van der Waals surface area contributed by atoms with Crippen LogP contribution in [-0.2, 0) is 4.79 Å². The molecule has 1 fully saturated rings. The second kappa shape index (κ2) is 9.88. The third-order valence-corrected chi connectivity index (χ3v) is 6.14. The number of amides is 1. The largest absolute Gasteiger partial charge is 0.493 e. The number of fused-ring (bicyclic) bond motifs is 1. The highest BCUT2D eigenvalue weighted by atomic mass is 79.9. The van der Waals surface area contributed by atoms with Crippen LogP contribution in [-0.4, -0.2) is 58.3 Å².